The van der Waals surface area contributed by atoms with Crippen molar-refractivity contribution in [3.63, 3.8) is 0 Å². The second kappa shape index (κ2) is 15.8. The highest BCUT2D eigenvalue weighted by Crippen LogP contribution is 2.36. The molecular weight excluding hydrogens is 592 g/mol. The SMILES string of the molecule is CCN(C(=O)C1CCCC1)c1cc(-c2ccc(OCCCN3CCOCC3)cc2C)cc(C(=O)NCc2c(C)cc(C)[nH]c2=O)c1C. The van der Waals surface area contributed by atoms with E-state index in [9.17, 15) is 14.4 Å². The number of anilines is 1. The van der Waals surface area contributed by atoms with Crippen molar-refractivity contribution in [2.45, 2.75) is 73.3 Å². The topological polar surface area (TPSA) is 104 Å². The minimum absolute atomic E-state index is 0.00735. The van der Waals surface area contributed by atoms with Gasteiger partial charge in [0.15, 0.2) is 0 Å². The zero-order chi connectivity index (χ0) is 33.5. The molecule has 0 spiro atoms. The maximum Gasteiger partial charge on any atom is 0.253 e. The fraction of sp³-hybridized carbons (Fsp3) is 0.500. The number of rotatable bonds is 12. The van der Waals surface area contributed by atoms with E-state index in [1.807, 2.05) is 75.9 Å². The predicted molar refractivity (Wildman–Crippen MR) is 186 cm³/mol. The van der Waals surface area contributed by atoms with E-state index in [0.717, 1.165) is 110 Å². The van der Waals surface area contributed by atoms with Gasteiger partial charge in [0.2, 0.25) is 5.91 Å². The van der Waals surface area contributed by atoms with Crippen LogP contribution in [0.4, 0.5) is 5.69 Å². The number of morpholine rings is 1. The molecule has 0 atom stereocenters. The van der Waals surface area contributed by atoms with Crippen LogP contribution in [0, 0.1) is 33.6 Å². The number of nitrogens with zero attached hydrogens (tertiary/aromatic N) is 2. The molecule has 3 aromatic rings. The second-order valence-corrected chi connectivity index (χ2v) is 13.0. The van der Waals surface area contributed by atoms with Crippen LogP contribution in [0.1, 0.15) is 77.3 Å². The van der Waals surface area contributed by atoms with Crippen LogP contribution in [0.3, 0.4) is 0 Å². The summed E-state index contributed by atoms with van der Waals surface area (Å²) in [6.07, 6.45) is 4.88. The third kappa shape index (κ3) is 8.32. The minimum Gasteiger partial charge on any atom is -0.494 e. The van der Waals surface area contributed by atoms with Crippen LogP contribution in [0.15, 0.2) is 41.2 Å². The monoisotopic (exact) mass is 642 g/mol. The number of ether oxygens (including phenoxy) is 2. The van der Waals surface area contributed by atoms with Crippen LogP contribution in [0.2, 0.25) is 0 Å². The molecule has 0 bridgehead atoms. The van der Waals surface area contributed by atoms with Gasteiger partial charge in [0.25, 0.3) is 11.5 Å². The number of H-pyrrole nitrogens is 1. The third-order valence-corrected chi connectivity index (χ3v) is 9.62. The smallest absolute Gasteiger partial charge is 0.253 e. The number of carbonyl (C=O) groups is 2. The summed E-state index contributed by atoms with van der Waals surface area (Å²) in [6, 6.07) is 11.9. The van der Waals surface area contributed by atoms with Crippen LogP contribution in [-0.4, -0.2) is 67.7 Å². The van der Waals surface area contributed by atoms with Crippen molar-refractivity contribution in [2.24, 2.45) is 5.92 Å². The molecule has 9 heteroatoms. The number of aryl methyl sites for hydroxylation is 3. The zero-order valence-electron chi connectivity index (χ0n) is 28.7. The van der Waals surface area contributed by atoms with Gasteiger partial charge in [-0.25, -0.2) is 0 Å². The van der Waals surface area contributed by atoms with Crippen molar-refractivity contribution in [1.29, 1.82) is 0 Å². The van der Waals surface area contributed by atoms with Crippen LogP contribution < -0.4 is 20.5 Å². The molecule has 2 aromatic carbocycles. The fourth-order valence-electron chi connectivity index (χ4n) is 6.93. The molecule has 2 N–H and O–H groups in total. The number of pyridine rings is 1. The van der Waals surface area contributed by atoms with Crippen molar-refractivity contribution >= 4 is 17.5 Å². The van der Waals surface area contributed by atoms with Gasteiger partial charge in [-0.3, -0.25) is 19.3 Å². The molecule has 252 valence electrons. The lowest BCUT2D eigenvalue weighted by Crippen LogP contribution is -2.37. The lowest BCUT2D eigenvalue weighted by Gasteiger charge is -2.28. The molecule has 0 unspecified atom stereocenters. The van der Waals surface area contributed by atoms with Gasteiger partial charge in [-0.1, -0.05) is 18.9 Å². The summed E-state index contributed by atoms with van der Waals surface area (Å²) in [5.74, 6) is 0.653. The van der Waals surface area contributed by atoms with E-state index in [1.54, 1.807) is 0 Å². The summed E-state index contributed by atoms with van der Waals surface area (Å²) in [7, 11) is 0. The van der Waals surface area contributed by atoms with Gasteiger partial charge in [0.1, 0.15) is 5.75 Å². The number of carbonyl (C=O) groups excluding carboxylic acids is 2. The Bertz CT molecular complexity index is 1640. The van der Waals surface area contributed by atoms with E-state index in [1.165, 1.54) is 0 Å². The van der Waals surface area contributed by atoms with Gasteiger partial charge >= 0.3 is 0 Å². The van der Waals surface area contributed by atoms with E-state index in [0.29, 0.717) is 24.3 Å². The lowest BCUT2D eigenvalue weighted by molar-refractivity contribution is -0.122. The Morgan fingerprint density at radius 2 is 1.77 bits per heavy atom. The number of benzene rings is 2. The quantitative estimate of drug-likeness (QED) is 0.240. The Morgan fingerprint density at radius 1 is 1.02 bits per heavy atom. The highest BCUT2D eigenvalue weighted by Gasteiger charge is 2.29. The highest BCUT2D eigenvalue weighted by molar-refractivity contribution is 6.02. The van der Waals surface area contributed by atoms with Crippen LogP contribution in [0.25, 0.3) is 11.1 Å². The molecule has 1 saturated carbocycles. The Morgan fingerprint density at radius 3 is 2.45 bits per heavy atom. The molecule has 2 fully saturated rings. The maximum atomic E-state index is 13.8. The molecule has 2 amide bonds. The molecule has 2 aliphatic rings. The van der Waals surface area contributed by atoms with E-state index in [4.69, 9.17) is 9.47 Å². The first kappa shape index (κ1) is 34.4. The Balaban J connectivity index is 1.42. The number of aromatic nitrogens is 1. The van der Waals surface area contributed by atoms with Crippen molar-refractivity contribution in [3.05, 3.63) is 80.3 Å². The van der Waals surface area contributed by atoms with E-state index in [2.05, 4.69) is 15.2 Å². The summed E-state index contributed by atoms with van der Waals surface area (Å²) in [5, 5.41) is 2.99. The second-order valence-electron chi connectivity index (χ2n) is 13.0. The number of hydrogen-bond acceptors (Lipinski definition) is 6. The summed E-state index contributed by atoms with van der Waals surface area (Å²) in [5.41, 5.74) is 6.76. The number of nitrogens with one attached hydrogen (secondary N) is 2. The van der Waals surface area contributed by atoms with Crippen molar-refractivity contribution in [2.75, 3.05) is 50.9 Å². The van der Waals surface area contributed by atoms with E-state index >= 15 is 0 Å². The van der Waals surface area contributed by atoms with Crippen LogP contribution in [0.5, 0.6) is 5.75 Å². The summed E-state index contributed by atoms with van der Waals surface area (Å²) in [4.78, 5) is 47.3. The predicted octanol–water partition coefficient (Wildman–Crippen LogP) is 5.85. The molecule has 47 heavy (non-hydrogen) atoms. The third-order valence-electron chi connectivity index (χ3n) is 9.62. The molecule has 2 heterocycles. The van der Waals surface area contributed by atoms with Crippen LogP contribution >= 0.6 is 0 Å². The first-order chi connectivity index (χ1) is 22.7. The van der Waals surface area contributed by atoms with Crippen molar-refractivity contribution in [1.82, 2.24) is 15.2 Å². The summed E-state index contributed by atoms with van der Waals surface area (Å²) >= 11 is 0. The standard InChI is InChI=1S/C38H50N4O5/c1-6-42(38(45)29-10-7-8-11-29)35-23-30(22-33(28(35)5)36(43)39-24-34-25(2)20-27(4)40-37(34)44)32-13-12-31(21-26(32)3)47-17-9-14-41-15-18-46-19-16-41/h12-13,20-23,29H,6-11,14-19,24H2,1-5H3,(H,39,43)(H,40,44). The Kier molecular flexibility index (Phi) is 11.5. The molecule has 1 aliphatic heterocycles. The fourth-order valence-corrected chi connectivity index (χ4v) is 6.93. The van der Waals surface area contributed by atoms with Crippen LogP contribution in [-0.2, 0) is 16.1 Å². The van der Waals surface area contributed by atoms with E-state index < -0.39 is 0 Å². The average molecular weight is 643 g/mol. The number of amides is 2. The maximum absolute atomic E-state index is 13.8. The molecule has 5 rings (SSSR count). The molecular formula is C38H50N4O5. The highest BCUT2D eigenvalue weighted by atomic mass is 16.5. The normalized spacial score (nSPS) is 15.5. The zero-order valence-corrected chi connectivity index (χ0v) is 28.7. The Hall–Kier alpha value is -3.95. The van der Waals surface area contributed by atoms with Gasteiger partial charge < -0.3 is 24.7 Å². The molecule has 1 aromatic heterocycles. The number of hydrogen-bond donors (Lipinski definition) is 2. The van der Waals surface area contributed by atoms with Gasteiger partial charge in [-0.15, -0.1) is 0 Å². The Labute approximate surface area is 278 Å². The first-order valence-corrected chi connectivity index (χ1v) is 17.1. The molecule has 1 saturated heterocycles. The molecule has 1 aliphatic carbocycles. The molecule has 0 radical (unpaired) electrons. The van der Waals surface area contributed by atoms with Crippen molar-refractivity contribution in [3.8, 4) is 16.9 Å². The minimum atomic E-state index is -0.285. The summed E-state index contributed by atoms with van der Waals surface area (Å²) < 4.78 is 11.6. The molecule has 9 nitrogen and oxygen atoms in total. The van der Waals surface area contributed by atoms with Gasteiger partial charge in [-0.2, -0.15) is 0 Å². The van der Waals surface area contributed by atoms with Gasteiger partial charge in [0, 0.05) is 61.1 Å². The van der Waals surface area contributed by atoms with Crippen molar-refractivity contribution < 1.29 is 19.1 Å². The van der Waals surface area contributed by atoms with E-state index in [-0.39, 0.29) is 29.8 Å². The summed E-state index contributed by atoms with van der Waals surface area (Å²) in [6.45, 7) is 15.4. The van der Waals surface area contributed by atoms with Gasteiger partial charge in [0.05, 0.1) is 19.8 Å². The van der Waals surface area contributed by atoms with Gasteiger partial charge in [-0.05, 0) is 112 Å². The number of aromatic amines is 1. The largest absolute Gasteiger partial charge is 0.494 e. The lowest BCUT2D eigenvalue weighted by atomic mass is 9.93. The first-order valence-electron chi connectivity index (χ1n) is 17.1. The average Bonchev–Trinajstić information content (AvgIpc) is 3.60.